The van der Waals surface area contributed by atoms with Crippen LogP contribution in [0.25, 0.3) is 0 Å². The van der Waals surface area contributed by atoms with Gasteiger partial charge in [0.2, 0.25) is 11.8 Å². The molecule has 22 heavy (non-hydrogen) atoms. The maximum atomic E-state index is 13.7. The fraction of sp³-hybridized carbons (Fsp3) is 0.231. The predicted molar refractivity (Wildman–Crippen MR) is 78.0 cm³/mol. The Morgan fingerprint density at radius 2 is 2.27 bits per heavy atom. The van der Waals surface area contributed by atoms with Crippen LogP contribution >= 0.6 is 23.2 Å². The molecule has 2 rings (SSSR count). The number of aromatic nitrogens is 1. The molecule has 118 valence electrons. The van der Waals surface area contributed by atoms with Crippen LogP contribution in [0, 0.1) is 5.95 Å². The Morgan fingerprint density at radius 3 is 2.86 bits per heavy atom. The van der Waals surface area contributed by atoms with Gasteiger partial charge in [-0.3, -0.25) is 0 Å². The molecule has 0 aliphatic heterocycles. The molecular weight excluding hydrogens is 338 g/mol. The van der Waals surface area contributed by atoms with Crippen molar-refractivity contribution in [3.05, 3.63) is 40.1 Å². The lowest BCUT2D eigenvalue weighted by molar-refractivity contribution is -0.144. The summed E-state index contributed by atoms with van der Waals surface area (Å²) in [6.07, 6.45) is 0.236. The van der Waals surface area contributed by atoms with Crippen molar-refractivity contribution < 1.29 is 23.4 Å². The van der Waals surface area contributed by atoms with E-state index in [2.05, 4.69) is 10.3 Å². The van der Waals surface area contributed by atoms with E-state index in [1.54, 1.807) is 12.1 Å². The highest BCUT2D eigenvalue weighted by atomic mass is 35.5. The molecule has 0 aliphatic rings. The Balaban J connectivity index is 2.27. The number of furan rings is 1. The standard InChI is InChI=1S/C13H11Cl2FN2O4/c1-6(13(19)20)22-12-9(15)10(8(14)11(16)18-12)17-5-7-3-2-4-21-7/h2-4,6H,5H2,1H3,(H,17,18)(H,19,20)/t6-/m1/s1. The zero-order chi connectivity index (χ0) is 16.3. The second-order valence-corrected chi connectivity index (χ2v) is 5.00. The summed E-state index contributed by atoms with van der Waals surface area (Å²) in [6.45, 7) is 1.46. The molecule has 6 nitrogen and oxygen atoms in total. The van der Waals surface area contributed by atoms with Gasteiger partial charge in [0, 0.05) is 0 Å². The van der Waals surface area contributed by atoms with Gasteiger partial charge >= 0.3 is 5.97 Å². The number of nitrogens with one attached hydrogen (secondary N) is 1. The number of hydrogen-bond acceptors (Lipinski definition) is 5. The van der Waals surface area contributed by atoms with Crippen LogP contribution in [0.15, 0.2) is 22.8 Å². The van der Waals surface area contributed by atoms with Gasteiger partial charge < -0.3 is 19.6 Å². The number of carbonyl (C=O) groups is 1. The van der Waals surface area contributed by atoms with Gasteiger partial charge in [-0.25, -0.2) is 4.79 Å². The number of anilines is 1. The number of pyridine rings is 1. The average Bonchev–Trinajstić information content (AvgIpc) is 2.97. The molecule has 0 saturated carbocycles. The van der Waals surface area contributed by atoms with E-state index in [4.69, 9.17) is 37.5 Å². The van der Waals surface area contributed by atoms with Crippen LogP contribution in [0.4, 0.5) is 10.1 Å². The molecule has 0 spiro atoms. The zero-order valence-electron chi connectivity index (χ0n) is 11.3. The maximum absolute atomic E-state index is 13.7. The molecule has 2 aromatic rings. The van der Waals surface area contributed by atoms with Crippen LogP contribution in [-0.4, -0.2) is 22.2 Å². The van der Waals surface area contributed by atoms with Gasteiger partial charge in [-0.15, -0.1) is 0 Å². The smallest absolute Gasteiger partial charge is 0.344 e. The Kier molecular flexibility index (Phi) is 5.10. The number of halogens is 3. The van der Waals surface area contributed by atoms with Crippen molar-refractivity contribution >= 4 is 34.9 Å². The van der Waals surface area contributed by atoms with Crippen molar-refractivity contribution in [1.82, 2.24) is 4.98 Å². The van der Waals surface area contributed by atoms with E-state index in [-0.39, 0.29) is 28.2 Å². The lowest BCUT2D eigenvalue weighted by atomic mass is 10.3. The van der Waals surface area contributed by atoms with Crippen LogP contribution in [-0.2, 0) is 11.3 Å². The van der Waals surface area contributed by atoms with Crippen LogP contribution in [0.2, 0.25) is 10.0 Å². The molecule has 9 heteroatoms. The van der Waals surface area contributed by atoms with Gasteiger partial charge in [0.25, 0.3) is 0 Å². The molecule has 0 amide bonds. The summed E-state index contributed by atoms with van der Waals surface area (Å²) in [5.41, 5.74) is 0.0415. The van der Waals surface area contributed by atoms with Crippen molar-refractivity contribution in [2.45, 2.75) is 19.6 Å². The molecule has 0 aromatic carbocycles. The molecule has 0 aliphatic carbocycles. The normalized spacial score (nSPS) is 12.0. The number of ether oxygens (including phenoxy) is 1. The van der Waals surface area contributed by atoms with Crippen LogP contribution in [0.3, 0.4) is 0 Å². The topological polar surface area (TPSA) is 84.6 Å². The molecule has 2 N–H and O–H groups in total. The fourth-order valence-electron chi connectivity index (χ4n) is 1.53. The second kappa shape index (κ2) is 6.85. The first kappa shape index (κ1) is 16.4. The summed E-state index contributed by atoms with van der Waals surface area (Å²) in [5.74, 6) is -2.05. The molecular formula is C13H11Cl2FN2O4. The van der Waals surface area contributed by atoms with E-state index >= 15 is 0 Å². The van der Waals surface area contributed by atoms with Gasteiger partial charge in [0.1, 0.15) is 15.8 Å². The summed E-state index contributed by atoms with van der Waals surface area (Å²) in [7, 11) is 0. The van der Waals surface area contributed by atoms with Crippen molar-refractivity contribution in [1.29, 1.82) is 0 Å². The molecule has 2 aromatic heterocycles. The average molecular weight is 349 g/mol. The molecule has 0 bridgehead atoms. The van der Waals surface area contributed by atoms with Gasteiger partial charge in [-0.2, -0.15) is 9.37 Å². The van der Waals surface area contributed by atoms with E-state index in [1.807, 2.05) is 0 Å². The van der Waals surface area contributed by atoms with Crippen LogP contribution in [0.5, 0.6) is 5.88 Å². The minimum Gasteiger partial charge on any atom is -0.479 e. The molecule has 0 fully saturated rings. The Bertz CT molecular complexity index is 679. The third-order valence-corrected chi connectivity index (χ3v) is 3.36. The minimum absolute atomic E-state index is 0.0415. The summed E-state index contributed by atoms with van der Waals surface area (Å²) in [4.78, 5) is 14.2. The first-order chi connectivity index (χ1) is 10.4. The molecule has 0 saturated heterocycles. The van der Waals surface area contributed by atoms with E-state index < -0.39 is 18.0 Å². The summed E-state index contributed by atoms with van der Waals surface area (Å²) in [5, 5.41) is 11.2. The van der Waals surface area contributed by atoms with Crippen LogP contribution in [0.1, 0.15) is 12.7 Å². The third kappa shape index (κ3) is 3.61. The van der Waals surface area contributed by atoms with E-state index in [9.17, 15) is 9.18 Å². The SMILES string of the molecule is C[C@@H](Oc1nc(F)c(Cl)c(NCc2ccco2)c1Cl)C(=O)O. The quantitative estimate of drug-likeness (QED) is 0.776. The molecule has 1 atom stereocenters. The van der Waals surface area contributed by atoms with E-state index in [1.165, 1.54) is 13.2 Å². The minimum atomic E-state index is -1.25. The highest BCUT2D eigenvalue weighted by Gasteiger charge is 2.22. The number of carboxylic acid groups (broad SMARTS) is 1. The van der Waals surface area contributed by atoms with Gasteiger partial charge in [0.05, 0.1) is 18.5 Å². The van der Waals surface area contributed by atoms with Crippen LogP contribution < -0.4 is 10.1 Å². The van der Waals surface area contributed by atoms with Crippen molar-refractivity contribution in [3.8, 4) is 5.88 Å². The molecule has 0 radical (unpaired) electrons. The number of hydrogen-bond donors (Lipinski definition) is 2. The number of nitrogens with zero attached hydrogens (tertiary/aromatic N) is 1. The Morgan fingerprint density at radius 1 is 1.55 bits per heavy atom. The molecule has 0 unspecified atom stereocenters. The Labute approximate surface area is 134 Å². The van der Waals surface area contributed by atoms with Crippen molar-refractivity contribution in [3.63, 3.8) is 0 Å². The highest BCUT2D eigenvalue weighted by Crippen LogP contribution is 2.38. The largest absolute Gasteiger partial charge is 0.479 e. The first-order valence-electron chi connectivity index (χ1n) is 6.10. The number of rotatable bonds is 6. The second-order valence-electron chi connectivity index (χ2n) is 4.24. The maximum Gasteiger partial charge on any atom is 0.344 e. The zero-order valence-corrected chi connectivity index (χ0v) is 12.8. The van der Waals surface area contributed by atoms with E-state index in [0.717, 1.165) is 0 Å². The summed E-state index contributed by atoms with van der Waals surface area (Å²) < 4.78 is 23.9. The number of carboxylic acids is 1. The van der Waals surface area contributed by atoms with Gasteiger partial charge in [0.15, 0.2) is 6.10 Å². The predicted octanol–water partition coefficient (Wildman–Crippen LogP) is 3.58. The van der Waals surface area contributed by atoms with Gasteiger partial charge in [-0.05, 0) is 19.1 Å². The lowest BCUT2D eigenvalue weighted by Crippen LogP contribution is -2.23. The molecule has 2 heterocycles. The van der Waals surface area contributed by atoms with Crippen molar-refractivity contribution in [2.75, 3.05) is 5.32 Å². The van der Waals surface area contributed by atoms with E-state index in [0.29, 0.717) is 5.76 Å². The fourth-order valence-corrected chi connectivity index (χ4v) is 2.03. The van der Waals surface area contributed by atoms with Crippen molar-refractivity contribution in [2.24, 2.45) is 0 Å². The summed E-state index contributed by atoms with van der Waals surface area (Å²) >= 11 is 11.9. The summed E-state index contributed by atoms with van der Waals surface area (Å²) in [6, 6.07) is 3.40. The lowest BCUT2D eigenvalue weighted by Gasteiger charge is -2.15. The Hall–Kier alpha value is -1.99. The first-order valence-corrected chi connectivity index (χ1v) is 6.86. The van der Waals surface area contributed by atoms with Gasteiger partial charge in [-0.1, -0.05) is 23.2 Å². The highest BCUT2D eigenvalue weighted by molar-refractivity contribution is 6.39. The monoisotopic (exact) mass is 348 g/mol. The number of aliphatic carboxylic acids is 1. The third-order valence-electron chi connectivity index (χ3n) is 2.66.